The molecule has 0 atom stereocenters. The van der Waals surface area contributed by atoms with E-state index >= 15 is 0 Å². The Morgan fingerprint density at radius 2 is 2.04 bits per heavy atom. The molecule has 2 aromatic carbocycles. The largest absolute Gasteiger partial charge is 0.496 e. The molecule has 0 unspecified atom stereocenters. The molecule has 0 saturated heterocycles. The van der Waals surface area contributed by atoms with E-state index in [0.717, 1.165) is 15.6 Å². The van der Waals surface area contributed by atoms with Gasteiger partial charge in [0.15, 0.2) is 12.4 Å². The molecule has 0 saturated carbocycles. The van der Waals surface area contributed by atoms with Gasteiger partial charge in [0.25, 0.3) is 0 Å². The molecule has 3 rings (SSSR count). The Bertz CT molecular complexity index is 919. The van der Waals surface area contributed by atoms with Gasteiger partial charge in [-0.15, -0.1) is 0 Å². The van der Waals surface area contributed by atoms with E-state index in [2.05, 4.69) is 20.9 Å². The maximum absolute atomic E-state index is 11.9. The van der Waals surface area contributed by atoms with Gasteiger partial charge >= 0.3 is 5.97 Å². The summed E-state index contributed by atoms with van der Waals surface area (Å²) < 4.78 is 16.9. The number of hydrogen-bond acceptors (Lipinski definition) is 5. The molecule has 0 bridgehead atoms. The number of carbonyl (C=O) groups excluding carboxylic acids is 1. The average Bonchev–Trinajstić information content (AvgIpc) is 3.14. The topological polar surface area (TPSA) is 61.6 Å². The molecule has 0 amide bonds. The fraction of sp³-hybridized carbons (Fsp3) is 0.100. The second-order valence-electron chi connectivity index (χ2n) is 5.31. The maximum Gasteiger partial charge on any atom is 0.331 e. The van der Waals surface area contributed by atoms with Crippen LogP contribution in [0.3, 0.4) is 0 Å². The summed E-state index contributed by atoms with van der Waals surface area (Å²) in [5.41, 5.74) is 1.68. The van der Waals surface area contributed by atoms with Crippen LogP contribution >= 0.6 is 15.9 Å². The van der Waals surface area contributed by atoms with Gasteiger partial charge in [0.05, 0.1) is 13.3 Å². The molecule has 0 radical (unpaired) electrons. The number of carbonyl (C=O) groups is 1. The Morgan fingerprint density at radius 3 is 2.81 bits per heavy atom. The summed E-state index contributed by atoms with van der Waals surface area (Å²) in [7, 11) is 1.58. The number of methoxy groups -OCH3 is 1. The Hall–Kier alpha value is -2.86. The minimum Gasteiger partial charge on any atom is -0.496 e. The number of aromatic nitrogens is 1. The standard InChI is InChI=1S/C20H16BrNO4/c1-24-17-9-8-16(21)11-15(17)7-10-20(23)25-13-19-22-12-18(26-19)14-5-3-2-4-6-14/h2-12H,13H2,1H3/b10-7+. The number of ether oxygens (including phenoxy) is 2. The van der Waals surface area contributed by atoms with Crippen LogP contribution in [0.15, 0.2) is 69.7 Å². The van der Waals surface area contributed by atoms with Gasteiger partial charge in [0, 0.05) is 21.7 Å². The van der Waals surface area contributed by atoms with Crippen molar-refractivity contribution in [3.05, 3.63) is 76.7 Å². The third kappa shape index (κ3) is 4.61. The van der Waals surface area contributed by atoms with Crippen molar-refractivity contribution in [2.75, 3.05) is 7.11 Å². The number of benzene rings is 2. The zero-order valence-corrected chi connectivity index (χ0v) is 15.6. The smallest absolute Gasteiger partial charge is 0.331 e. The van der Waals surface area contributed by atoms with E-state index in [1.54, 1.807) is 19.4 Å². The second kappa shape index (κ2) is 8.49. The predicted octanol–water partition coefficient (Wildman–Crippen LogP) is 4.87. The predicted molar refractivity (Wildman–Crippen MR) is 101 cm³/mol. The third-order valence-electron chi connectivity index (χ3n) is 3.54. The second-order valence-corrected chi connectivity index (χ2v) is 6.23. The van der Waals surface area contributed by atoms with Crippen molar-refractivity contribution in [3.8, 4) is 17.1 Å². The molecule has 1 heterocycles. The third-order valence-corrected chi connectivity index (χ3v) is 4.03. The lowest BCUT2D eigenvalue weighted by molar-refractivity contribution is -0.139. The van der Waals surface area contributed by atoms with Gasteiger partial charge in [-0.25, -0.2) is 9.78 Å². The van der Waals surface area contributed by atoms with Crippen molar-refractivity contribution in [2.24, 2.45) is 0 Å². The lowest BCUT2D eigenvalue weighted by Gasteiger charge is -2.04. The maximum atomic E-state index is 11.9. The van der Waals surface area contributed by atoms with Crippen LogP contribution in [-0.4, -0.2) is 18.1 Å². The van der Waals surface area contributed by atoms with Gasteiger partial charge in [-0.05, 0) is 24.3 Å². The zero-order chi connectivity index (χ0) is 18.4. The molecule has 1 aromatic heterocycles. The van der Waals surface area contributed by atoms with Crippen LogP contribution in [0, 0.1) is 0 Å². The fourth-order valence-corrected chi connectivity index (χ4v) is 2.67. The van der Waals surface area contributed by atoms with Crippen LogP contribution in [0.4, 0.5) is 0 Å². The molecule has 0 N–H and O–H groups in total. The molecular weight excluding hydrogens is 398 g/mol. The van der Waals surface area contributed by atoms with Crippen LogP contribution in [0.25, 0.3) is 17.4 Å². The van der Waals surface area contributed by atoms with Crippen molar-refractivity contribution in [1.29, 1.82) is 0 Å². The van der Waals surface area contributed by atoms with Gasteiger partial charge in [-0.2, -0.15) is 0 Å². The van der Waals surface area contributed by atoms with E-state index in [-0.39, 0.29) is 6.61 Å². The van der Waals surface area contributed by atoms with E-state index < -0.39 is 5.97 Å². The minimum absolute atomic E-state index is 0.0361. The first-order chi connectivity index (χ1) is 12.7. The molecule has 6 heteroatoms. The molecule has 0 aliphatic rings. The van der Waals surface area contributed by atoms with Crippen LogP contribution in [-0.2, 0) is 16.1 Å². The van der Waals surface area contributed by atoms with E-state index in [1.165, 1.54) is 6.08 Å². The van der Waals surface area contributed by atoms with E-state index in [4.69, 9.17) is 13.9 Å². The van der Waals surface area contributed by atoms with E-state index in [0.29, 0.717) is 17.4 Å². The molecule has 0 aliphatic carbocycles. The van der Waals surface area contributed by atoms with Crippen LogP contribution in [0.5, 0.6) is 5.75 Å². The van der Waals surface area contributed by atoms with Crippen molar-refractivity contribution in [1.82, 2.24) is 4.98 Å². The Balaban J connectivity index is 1.60. The lowest BCUT2D eigenvalue weighted by atomic mass is 10.2. The summed E-state index contributed by atoms with van der Waals surface area (Å²) in [6.45, 7) is -0.0361. The van der Waals surface area contributed by atoms with Gasteiger partial charge in [-0.1, -0.05) is 46.3 Å². The molecule has 26 heavy (non-hydrogen) atoms. The van der Waals surface area contributed by atoms with Crippen molar-refractivity contribution in [3.63, 3.8) is 0 Å². The monoisotopic (exact) mass is 413 g/mol. The first-order valence-electron chi connectivity index (χ1n) is 7.84. The Labute approximate surface area is 159 Å². The highest BCUT2D eigenvalue weighted by molar-refractivity contribution is 9.10. The lowest BCUT2D eigenvalue weighted by Crippen LogP contribution is -2.00. The summed E-state index contributed by atoms with van der Waals surface area (Å²) in [4.78, 5) is 16.0. The number of esters is 1. The molecule has 0 fully saturated rings. The summed E-state index contributed by atoms with van der Waals surface area (Å²) in [5, 5.41) is 0. The fourth-order valence-electron chi connectivity index (χ4n) is 2.29. The highest BCUT2D eigenvalue weighted by Crippen LogP contribution is 2.24. The minimum atomic E-state index is -0.494. The first-order valence-corrected chi connectivity index (χ1v) is 8.63. The zero-order valence-electron chi connectivity index (χ0n) is 14.0. The molecule has 0 aliphatic heterocycles. The van der Waals surface area contributed by atoms with Crippen molar-refractivity contribution >= 4 is 28.0 Å². The molecular formula is C20H16BrNO4. The van der Waals surface area contributed by atoms with Gasteiger partial charge < -0.3 is 13.9 Å². The van der Waals surface area contributed by atoms with Crippen LogP contribution < -0.4 is 4.74 Å². The van der Waals surface area contributed by atoms with Crippen LogP contribution in [0.1, 0.15) is 11.5 Å². The molecule has 132 valence electrons. The van der Waals surface area contributed by atoms with E-state index in [9.17, 15) is 4.79 Å². The van der Waals surface area contributed by atoms with E-state index in [1.807, 2.05) is 48.5 Å². The number of rotatable bonds is 6. The van der Waals surface area contributed by atoms with Gasteiger partial charge in [0.2, 0.25) is 5.89 Å². The Kier molecular flexibility index (Phi) is 5.86. The molecule has 0 spiro atoms. The number of halogens is 1. The summed E-state index contributed by atoms with van der Waals surface area (Å²) in [5.74, 6) is 1.14. The number of oxazole rings is 1. The van der Waals surface area contributed by atoms with Gasteiger partial charge in [0.1, 0.15) is 5.75 Å². The summed E-state index contributed by atoms with van der Waals surface area (Å²) >= 11 is 3.39. The highest BCUT2D eigenvalue weighted by atomic mass is 79.9. The highest BCUT2D eigenvalue weighted by Gasteiger charge is 2.08. The molecule has 3 aromatic rings. The summed E-state index contributed by atoms with van der Waals surface area (Å²) in [6, 6.07) is 15.1. The van der Waals surface area contributed by atoms with Crippen molar-refractivity contribution < 1.29 is 18.7 Å². The van der Waals surface area contributed by atoms with Crippen molar-refractivity contribution in [2.45, 2.75) is 6.61 Å². The SMILES string of the molecule is COc1ccc(Br)cc1/C=C/C(=O)OCc1ncc(-c2ccccc2)o1. The summed E-state index contributed by atoms with van der Waals surface area (Å²) in [6.07, 6.45) is 4.59. The quantitative estimate of drug-likeness (QED) is 0.426. The first kappa shape index (κ1) is 17.9. The van der Waals surface area contributed by atoms with Gasteiger partial charge in [-0.3, -0.25) is 0 Å². The van der Waals surface area contributed by atoms with Crippen LogP contribution in [0.2, 0.25) is 0 Å². The number of nitrogens with zero attached hydrogens (tertiary/aromatic N) is 1. The molecule has 5 nitrogen and oxygen atoms in total. The Morgan fingerprint density at radius 1 is 1.23 bits per heavy atom. The average molecular weight is 414 g/mol. The number of hydrogen-bond donors (Lipinski definition) is 0. The normalized spacial score (nSPS) is 10.8.